The second-order valence-electron chi connectivity index (χ2n) is 8.86. The molecule has 2 atom stereocenters. The van der Waals surface area contributed by atoms with Crippen molar-refractivity contribution < 1.29 is 4.79 Å². The molecule has 8 nitrogen and oxygen atoms in total. The summed E-state index contributed by atoms with van der Waals surface area (Å²) in [4.78, 5) is 32.2. The van der Waals surface area contributed by atoms with Crippen molar-refractivity contribution >= 4 is 68.6 Å². The lowest BCUT2D eigenvalue weighted by Gasteiger charge is -2.24. The molecule has 3 heterocycles. The van der Waals surface area contributed by atoms with Gasteiger partial charge in [0.1, 0.15) is 18.0 Å². The molecule has 4 N–H and O–H groups in total. The normalized spacial score (nSPS) is 16.7. The van der Waals surface area contributed by atoms with Crippen molar-refractivity contribution in [3.8, 4) is 0 Å². The van der Waals surface area contributed by atoms with E-state index >= 15 is 0 Å². The molecular weight excluding hydrogens is 517 g/mol. The molecule has 1 saturated heterocycles. The predicted molar refractivity (Wildman–Crippen MR) is 148 cm³/mol. The van der Waals surface area contributed by atoms with E-state index in [0.717, 1.165) is 47.3 Å². The van der Waals surface area contributed by atoms with E-state index in [0.29, 0.717) is 40.0 Å². The van der Waals surface area contributed by atoms with E-state index in [2.05, 4.69) is 26.5 Å². The van der Waals surface area contributed by atoms with E-state index < -0.39 is 0 Å². The number of hydrogen-bond acceptors (Lipinski definition) is 7. The Labute approximate surface area is 223 Å². The molecule has 1 aliphatic rings. The highest BCUT2D eigenvalue weighted by Gasteiger charge is 2.30. The first kappa shape index (κ1) is 25.1. The Morgan fingerprint density at radius 1 is 1.28 bits per heavy atom. The van der Waals surface area contributed by atoms with Crippen LogP contribution in [0.4, 0.5) is 5.82 Å². The van der Waals surface area contributed by atoms with Gasteiger partial charge < -0.3 is 20.9 Å². The minimum Gasteiger partial charge on any atom is -0.359 e. The Morgan fingerprint density at radius 2 is 2.14 bits per heavy atom. The Balaban J connectivity index is 1.48. The molecule has 1 fully saturated rings. The van der Waals surface area contributed by atoms with Gasteiger partial charge in [-0.2, -0.15) is 11.8 Å². The number of nitrogens with two attached hydrogens (primary N) is 1. The van der Waals surface area contributed by atoms with Gasteiger partial charge in [-0.25, -0.2) is 15.0 Å². The second kappa shape index (κ2) is 10.8. The van der Waals surface area contributed by atoms with Gasteiger partial charge in [0.05, 0.1) is 33.2 Å². The number of hydrogen-bond donors (Lipinski definition) is 3. The number of nitrogens with zero attached hydrogens (tertiary/aromatic N) is 4. The molecule has 1 aliphatic heterocycles. The quantitative estimate of drug-likeness (QED) is 0.277. The number of anilines is 1. The topological polar surface area (TPSA) is 113 Å². The first-order valence-electron chi connectivity index (χ1n) is 11.8. The molecular formula is C25H27Cl2N7OS. The Kier molecular flexibility index (Phi) is 7.52. The standard InChI is InChI=1S/C25H27Cl2N7OS/c1-36-8-6-20(24-31-19-5-4-14(26)9-22(19)33-24)32-23-17-10-18(27)16(11-21(17)29-13-30-23)25(35)34-7-2-3-15(34)12-28/h4-5,9-11,13,15,20H,2-3,6-8,12,28H2,1H3,(H,31,33)(H,29,30,32)/t15-,20+/m1/s1. The molecule has 1 amide bonds. The number of aromatic nitrogens is 4. The fourth-order valence-electron chi connectivity index (χ4n) is 4.70. The van der Waals surface area contributed by atoms with Crippen molar-refractivity contribution in [2.24, 2.45) is 5.73 Å². The summed E-state index contributed by atoms with van der Waals surface area (Å²) in [6.45, 7) is 1.13. The van der Waals surface area contributed by atoms with Crippen LogP contribution in [0.25, 0.3) is 21.9 Å². The van der Waals surface area contributed by atoms with Crippen molar-refractivity contribution in [1.82, 2.24) is 24.8 Å². The number of carbonyl (C=O) groups excluding carboxylic acids is 1. The summed E-state index contributed by atoms with van der Waals surface area (Å²) in [6.07, 6.45) is 6.24. The molecule has 0 bridgehead atoms. The lowest BCUT2D eigenvalue weighted by Crippen LogP contribution is -2.40. The molecule has 0 spiro atoms. The van der Waals surface area contributed by atoms with Gasteiger partial charge in [-0.1, -0.05) is 23.2 Å². The Hall–Kier alpha value is -2.59. The lowest BCUT2D eigenvalue weighted by atomic mass is 10.1. The van der Waals surface area contributed by atoms with Crippen molar-refractivity contribution in [3.63, 3.8) is 0 Å². The molecule has 0 radical (unpaired) electrons. The van der Waals surface area contributed by atoms with Crippen molar-refractivity contribution in [2.75, 3.05) is 30.4 Å². The molecule has 0 saturated carbocycles. The first-order valence-corrected chi connectivity index (χ1v) is 14.0. The van der Waals surface area contributed by atoms with Gasteiger partial charge in [-0.05, 0) is 61.6 Å². The third-order valence-electron chi connectivity index (χ3n) is 6.58. The fourth-order valence-corrected chi connectivity index (χ4v) is 5.59. The van der Waals surface area contributed by atoms with Crippen LogP contribution in [0.1, 0.15) is 41.5 Å². The minimum atomic E-state index is -0.128. The zero-order valence-electron chi connectivity index (χ0n) is 19.8. The summed E-state index contributed by atoms with van der Waals surface area (Å²) in [6, 6.07) is 9.03. The third kappa shape index (κ3) is 4.98. The van der Waals surface area contributed by atoms with Crippen LogP contribution in [0.2, 0.25) is 10.0 Å². The van der Waals surface area contributed by atoms with E-state index in [1.807, 2.05) is 23.1 Å². The van der Waals surface area contributed by atoms with Gasteiger partial charge in [0.15, 0.2) is 0 Å². The summed E-state index contributed by atoms with van der Waals surface area (Å²) >= 11 is 14.6. The second-order valence-corrected chi connectivity index (χ2v) is 10.7. The van der Waals surface area contributed by atoms with E-state index in [1.165, 1.54) is 6.33 Å². The molecule has 188 valence electrons. The van der Waals surface area contributed by atoms with Gasteiger partial charge in [0.25, 0.3) is 5.91 Å². The summed E-state index contributed by atoms with van der Waals surface area (Å²) in [7, 11) is 0. The third-order valence-corrected chi connectivity index (χ3v) is 7.77. The molecule has 4 aromatic rings. The number of amides is 1. The van der Waals surface area contributed by atoms with Crippen LogP contribution in [0.15, 0.2) is 36.7 Å². The largest absolute Gasteiger partial charge is 0.359 e. The average molecular weight is 545 g/mol. The van der Waals surface area contributed by atoms with Crippen LogP contribution in [0, 0.1) is 0 Å². The molecule has 36 heavy (non-hydrogen) atoms. The molecule has 0 aliphatic carbocycles. The Morgan fingerprint density at radius 3 is 2.94 bits per heavy atom. The number of rotatable bonds is 8. The minimum absolute atomic E-state index is 0.0442. The number of benzene rings is 2. The summed E-state index contributed by atoms with van der Waals surface area (Å²) in [5, 5.41) is 5.29. The Bertz CT molecular complexity index is 1410. The van der Waals surface area contributed by atoms with E-state index in [4.69, 9.17) is 33.9 Å². The van der Waals surface area contributed by atoms with E-state index in [1.54, 1.807) is 23.9 Å². The van der Waals surface area contributed by atoms with Crippen molar-refractivity contribution in [1.29, 1.82) is 0 Å². The maximum absolute atomic E-state index is 13.3. The highest BCUT2D eigenvalue weighted by atomic mass is 35.5. The van der Waals surface area contributed by atoms with Crippen LogP contribution < -0.4 is 11.1 Å². The molecule has 5 rings (SSSR count). The number of aromatic amines is 1. The molecule has 0 unspecified atom stereocenters. The maximum atomic E-state index is 13.3. The monoisotopic (exact) mass is 543 g/mol. The van der Waals surface area contributed by atoms with Gasteiger partial charge in [-0.15, -0.1) is 0 Å². The number of halogens is 2. The van der Waals surface area contributed by atoms with Crippen LogP contribution in [0.3, 0.4) is 0 Å². The smallest absolute Gasteiger partial charge is 0.255 e. The van der Waals surface area contributed by atoms with Gasteiger partial charge >= 0.3 is 0 Å². The highest BCUT2D eigenvalue weighted by Crippen LogP contribution is 2.32. The number of likely N-dealkylation sites (tertiary alicyclic amines) is 1. The first-order chi connectivity index (χ1) is 17.5. The van der Waals surface area contributed by atoms with Gasteiger partial charge in [0.2, 0.25) is 0 Å². The number of thioether (sulfide) groups is 1. The molecule has 11 heteroatoms. The van der Waals surface area contributed by atoms with Crippen LogP contribution >= 0.6 is 35.0 Å². The van der Waals surface area contributed by atoms with Gasteiger partial charge in [-0.3, -0.25) is 4.79 Å². The zero-order chi connectivity index (χ0) is 25.2. The molecule has 2 aromatic carbocycles. The highest BCUT2D eigenvalue weighted by molar-refractivity contribution is 7.98. The number of fused-ring (bicyclic) bond motifs is 2. The van der Waals surface area contributed by atoms with E-state index in [-0.39, 0.29) is 18.0 Å². The number of nitrogens with one attached hydrogen (secondary N) is 2. The summed E-state index contributed by atoms with van der Waals surface area (Å²) in [5.41, 5.74) is 8.68. The van der Waals surface area contributed by atoms with Crippen LogP contribution in [-0.4, -0.2) is 61.9 Å². The average Bonchev–Trinajstić information content (AvgIpc) is 3.52. The van der Waals surface area contributed by atoms with Crippen molar-refractivity contribution in [3.05, 3.63) is 58.1 Å². The number of carbonyl (C=O) groups is 1. The lowest BCUT2D eigenvalue weighted by molar-refractivity contribution is 0.0741. The van der Waals surface area contributed by atoms with Gasteiger partial charge in [0, 0.05) is 29.5 Å². The van der Waals surface area contributed by atoms with Crippen LogP contribution in [0.5, 0.6) is 0 Å². The van der Waals surface area contributed by atoms with Crippen molar-refractivity contribution in [2.45, 2.75) is 31.3 Å². The van der Waals surface area contributed by atoms with E-state index in [9.17, 15) is 4.79 Å². The number of H-pyrrole nitrogens is 1. The maximum Gasteiger partial charge on any atom is 0.255 e. The molecule has 2 aromatic heterocycles. The summed E-state index contributed by atoms with van der Waals surface area (Å²) < 4.78 is 0. The van der Waals surface area contributed by atoms with Crippen LogP contribution in [-0.2, 0) is 0 Å². The summed E-state index contributed by atoms with van der Waals surface area (Å²) in [5.74, 6) is 2.25. The fraction of sp³-hybridized carbons (Fsp3) is 0.360. The zero-order valence-corrected chi connectivity index (χ0v) is 22.1. The number of imidazole rings is 1. The predicted octanol–water partition coefficient (Wildman–Crippen LogP) is 5.28. The SMILES string of the molecule is CSCC[C@H](Nc1ncnc2cc(C(=O)N3CCC[C@@H]3CN)c(Cl)cc12)c1nc2ccc(Cl)cc2[nH]1.